The van der Waals surface area contributed by atoms with Gasteiger partial charge in [-0.2, -0.15) is 0 Å². The van der Waals surface area contributed by atoms with E-state index in [1.807, 2.05) is 0 Å². The van der Waals surface area contributed by atoms with E-state index >= 15 is 0 Å². The number of para-hydroxylation sites is 1. The van der Waals surface area contributed by atoms with Gasteiger partial charge in [-0.25, -0.2) is 0 Å². The van der Waals surface area contributed by atoms with Gasteiger partial charge in [-0.1, -0.05) is 50.2 Å². The molecule has 6 atom stereocenters. The second-order valence-corrected chi connectivity index (χ2v) is 15.3. The highest BCUT2D eigenvalue weighted by Crippen LogP contribution is 2.20. The number of carbonyl (C=O) groups excluding carboxylic acids is 8. The number of fused-ring (bicyclic) bond motifs is 1. The summed E-state index contributed by atoms with van der Waals surface area (Å²) in [5.41, 5.74) is 7.03. The number of carbonyl (C=O) groups is 10. The molecule has 1 aromatic heterocycles. The molecule has 0 saturated carbocycles. The van der Waals surface area contributed by atoms with E-state index in [-0.39, 0.29) is 25.2 Å². The van der Waals surface area contributed by atoms with Gasteiger partial charge >= 0.3 is 11.9 Å². The lowest BCUT2D eigenvalue weighted by molar-refractivity contribution is -0.139. The third-order valence-electron chi connectivity index (χ3n) is 9.69. The summed E-state index contributed by atoms with van der Waals surface area (Å²) >= 11 is 0. The first-order valence-electron chi connectivity index (χ1n) is 20.3. The molecule has 3 rings (SSSR count). The second-order valence-electron chi connectivity index (χ2n) is 15.3. The van der Waals surface area contributed by atoms with Crippen LogP contribution in [-0.4, -0.2) is 129 Å². The van der Waals surface area contributed by atoms with Crippen LogP contribution < -0.4 is 43.0 Å². The number of aromatic nitrogens is 1. The number of carboxylic acid groups (broad SMARTS) is 2. The maximum absolute atomic E-state index is 14.0. The van der Waals surface area contributed by atoms with E-state index in [0.29, 0.717) is 22.0 Å². The Morgan fingerprint density at radius 2 is 1.16 bits per heavy atom. The number of amides is 8. The molecule has 0 aliphatic carbocycles. The number of benzene rings is 2. The van der Waals surface area contributed by atoms with Crippen LogP contribution in [0.2, 0.25) is 0 Å². The number of aliphatic hydroxyl groups is 1. The van der Waals surface area contributed by atoms with Crippen LogP contribution in [-0.2, 0) is 49.6 Å². The van der Waals surface area contributed by atoms with Gasteiger partial charge in [0.25, 0.3) is 5.91 Å². The van der Waals surface area contributed by atoms with Crippen LogP contribution in [0.3, 0.4) is 0 Å². The average Bonchev–Trinajstić information content (AvgIpc) is 3.66. The smallest absolute Gasteiger partial charge is 0.303 e. The molecule has 3 aromatic rings. The number of hydrogen-bond donors (Lipinski definition) is 12. The number of carboxylic acids is 2. The summed E-state index contributed by atoms with van der Waals surface area (Å²) in [4.78, 5) is 130. The van der Waals surface area contributed by atoms with Crippen LogP contribution in [0.1, 0.15) is 68.8 Å². The number of hydrogen-bond acceptors (Lipinski definition) is 11. The number of H-pyrrole nitrogens is 1. The SMILES string of the molecule is CC(C)C[C@H](NC(=O)[C@H](CO)NC(=O)[C@H](CCC(=O)O)NC(=O)CNC(=O)[C@H](C)NC(=O)c1ccccc1)C(=O)N[C@@H](Cc1c[nH]c2ccccc12)C(=O)N[C@@H](CCC(=O)O)C(N)=O. The zero-order valence-electron chi connectivity index (χ0n) is 35.5. The molecule has 1 heterocycles. The second kappa shape index (κ2) is 24.9. The lowest BCUT2D eigenvalue weighted by atomic mass is 10.00. The molecule has 0 radical (unpaired) electrons. The summed E-state index contributed by atoms with van der Waals surface area (Å²) < 4.78 is 0. The Morgan fingerprint density at radius 3 is 1.77 bits per heavy atom. The van der Waals surface area contributed by atoms with Gasteiger partial charge < -0.3 is 63.3 Å². The van der Waals surface area contributed by atoms with Gasteiger partial charge in [-0.3, -0.25) is 47.9 Å². The van der Waals surface area contributed by atoms with Crippen molar-refractivity contribution in [2.75, 3.05) is 13.2 Å². The maximum Gasteiger partial charge on any atom is 0.303 e. The predicted molar refractivity (Wildman–Crippen MR) is 228 cm³/mol. The predicted octanol–water partition coefficient (Wildman–Crippen LogP) is -1.68. The Morgan fingerprint density at radius 1 is 0.625 bits per heavy atom. The number of primary amides is 1. The van der Waals surface area contributed by atoms with Crippen molar-refractivity contribution in [3.63, 3.8) is 0 Å². The molecule has 346 valence electrons. The normalized spacial score (nSPS) is 13.8. The summed E-state index contributed by atoms with van der Waals surface area (Å²) in [6, 6.07) is 6.53. The maximum atomic E-state index is 14.0. The molecular formula is C42H55N9O13. The highest BCUT2D eigenvalue weighted by atomic mass is 16.4. The van der Waals surface area contributed by atoms with E-state index in [0.717, 1.165) is 0 Å². The van der Waals surface area contributed by atoms with Crippen LogP contribution in [0, 0.1) is 5.92 Å². The van der Waals surface area contributed by atoms with Gasteiger partial charge in [0.2, 0.25) is 41.4 Å². The van der Waals surface area contributed by atoms with Crippen molar-refractivity contribution in [2.24, 2.45) is 11.7 Å². The molecule has 22 nitrogen and oxygen atoms in total. The Balaban J connectivity index is 1.74. The fourth-order valence-corrected chi connectivity index (χ4v) is 6.31. The van der Waals surface area contributed by atoms with E-state index in [4.69, 9.17) is 10.8 Å². The number of aromatic amines is 1. The summed E-state index contributed by atoms with van der Waals surface area (Å²) in [6.07, 6.45) is -0.473. The number of nitrogens with one attached hydrogen (secondary N) is 8. The van der Waals surface area contributed by atoms with Crippen molar-refractivity contribution < 1.29 is 63.3 Å². The van der Waals surface area contributed by atoms with E-state index in [1.165, 1.54) is 19.1 Å². The third-order valence-corrected chi connectivity index (χ3v) is 9.69. The first-order chi connectivity index (χ1) is 30.3. The molecular weight excluding hydrogens is 839 g/mol. The standard InChI is InChI=1S/C42H55N9O13/c1-22(2)17-30(40(62)50-31(18-25-19-44-27-12-8-7-11-26(25)27)41(63)48-28(36(43)58)13-15-34(54)55)49-42(64)32(21-52)51-39(61)29(14-16-35(56)57)47-33(53)20-45-37(59)23(3)46-38(60)24-9-5-4-6-10-24/h4-12,19,22-23,28-32,44,52H,13-18,20-21H2,1-3H3,(H2,43,58)(H,45,59)(H,46,60)(H,47,53)(H,48,63)(H,49,64)(H,50,62)(H,51,61)(H,54,55)(H,56,57)/t23-,28-,29-,30-,31-,32-/m0/s1. The average molecular weight is 894 g/mol. The zero-order chi connectivity index (χ0) is 47.5. The molecule has 0 unspecified atom stereocenters. The van der Waals surface area contributed by atoms with Crippen LogP contribution in [0.4, 0.5) is 0 Å². The van der Waals surface area contributed by atoms with Gasteiger partial charge in [-0.15, -0.1) is 0 Å². The summed E-state index contributed by atoms with van der Waals surface area (Å²) in [7, 11) is 0. The largest absolute Gasteiger partial charge is 0.481 e. The number of aliphatic hydroxyl groups excluding tert-OH is 1. The van der Waals surface area contributed by atoms with Crippen LogP contribution in [0.25, 0.3) is 10.9 Å². The van der Waals surface area contributed by atoms with E-state index in [1.54, 1.807) is 62.5 Å². The lowest BCUT2D eigenvalue weighted by Crippen LogP contribution is -2.60. The van der Waals surface area contributed by atoms with Crippen molar-refractivity contribution in [3.05, 3.63) is 71.9 Å². The molecule has 0 spiro atoms. The molecule has 2 aromatic carbocycles. The van der Waals surface area contributed by atoms with E-state index < -0.39 is 128 Å². The van der Waals surface area contributed by atoms with Gasteiger partial charge in [-0.05, 0) is 55.9 Å². The van der Waals surface area contributed by atoms with Crippen LogP contribution >= 0.6 is 0 Å². The molecule has 13 N–H and O–H groups in total. The Labute approximate surface area is 367 Å². The zero-order valence-corrected chi connectivity index (χ0v) is 35.5. The molecule has 0 bridgehead atoms. The third kappa shape index (κ3) is 16.5. The highest BCUT2D eigenvalue weighted by molar-refractivity contribution is 5.99. The van der Waals surface area contributed by atoms with Crippen molar-refractivity contribution >= 4 is 70.1 Å². The van der Waals surface area contributed by atoms with E-state index in [2.05, 4.69) is 42.2 Å². The minimum atomic E-state index is -1.75. The molecule has 22 heteroatoms. The summed E-state index contributed by atoms with van der Waals surface area (Å²) in [6.45, 7) is 3.12. The van der Waals surface area contributed by atoms with Crippen molar-refractivity contribution in [1.82, 2.24) is 42.2 Å². The fourth-order valence-electron chi connectivity index (χ4n) is 6.31. The monoisotopic (exact) mass is 893 g/mol. The molecule has 0 saturated heterocycles. The molecule has 64 heavy (non-hydrogen) atoms. The molecule has 0 fully saturated rings. The van der Waals surface area contributed by atoms with E-state index in [9.17, 15) is 58.2 Å². The Kier molecular flexibility index (Phi) is 19.9. The first-order valence-corrected chi connectivity index (χ1v) is 20.3. The summed E-state index contributed by atoms with van der Waals surface area (Å²) in [5.74, 6) is -10.0. The number of rotatable bonds is 26. The molecule has 0 aliphatic rings. The Bertz CT molecular complexity index is 2160. The minimum absolute atomic E-state index is 0.0226. The van der Waals surface area contributed by atoms with Gasteiger partial charge in [0.15, 0.2) is 0 Å². The van der Waals surface area contributed by atoms with Crippen molar-refractivity contribution in [2.45, 2.75) is 95.5 Å². The number of nitrogens with two attached hydrogens (primary N) is 1. The Hall–Kier alpha value is -7.36. The topological polar surface area (TPSA) is 357 Å². The van der Waals surface area contributed by atoms with Crippen LogP contribution in [0.15, 0.2) is 60.8 Å². The molecule has 0 aliphatic heterocycles. The highest BCUT2D eigenvalue weighted by Gasteiger charge is 2.33. The van der Waals surface area contributed by atoms with Crippen molar-refractivity contribution in [1.29, 1.82) is 0 Å². The fraction of sp³-hybridized carbons (Fsp3) is 0.429. The lowest BCUT2D eigenvalue weighted by Gasteiger charge is -2.27. The number of aliphatic carboxylic acids is 2. The summed E-state index contributed by atoms with van der Waals surface area (Å²) in [5, 5.41) is 46.1. The molecule has 8 amide bonds. The first kappa shape index (κ1) is 51.0. The van der Waals surface area contributed by atoms with Gasteiger partial charge in [0, 0.05) is 41.9 Å². The van der Waals surface area contributed by atoms with Gasteiger partial charge in [0.05, 0.1) is 13.2 Å². The van der Waals surface area contributed by atoms with Gasteiger partial charge in [0.1, 0.15) is 36.3 Å². The quantitative estimate of drug-likeness (QED) is 0.0429. The van der Waals surface area contributed by atoms with Crippen molar-refractivity contribution in [3.8, 4) is 0 Å². The minimum Gasteiger partial charge on any atom is -0.481 e. The van der Waals surface area contributed by atoms with Crippen LogP contribution in [0.5, 0.6) is 0 Å².